The van der Waals surface area contributed by atoms with Gasteiger partial charge in [0.15, 0.2) is 23.7 Å². The van der Waals surface area contributed by atoms with E-state index < -0.39 is 29.8 Å². The maximum Gasteiger partial charge on any atom is 0.194 e. The van der Waals surface area contributed by atoms with Crippen LogP contribution in [0.15, 0.2) is 12.1 Å². The van der Waals surface area contributed by atoms with E-state index in [1.807, 2.05) is 6.92 Å². The van der Waals surface area contributed by atoms with Crippen LogP contribution < -0.4 is 5.32 Å². The van der Waals surface area contributed by atoms with Crippen molar-refractivity contribution in [3.8, 4) is 0 Å². The minimum Gasteiger partial charge on any atom is -0.351 e. The van der Waals surface area contributed by atoms with Crippen LogP contribution in [0.4, 0.5) is 13.2 Å². The standard InChI is InChI=1S/C15H22F3NO2/c1-4-9-19-14(15(20-5-2)21-6-3)10-7-8-11(16)13(18)12(10)17/h7-8,14-15,19H,4-6,9H2,1-3H3. The molecule has 0 aromatic heterocycles. The zero-order valence-electron chi connectivity index (χ0n) is 12.6. The average molecular weight is 305 g/mol. The highest BCUT2D eigenvalue weighted by atomic mass is 19.2. The summed E-state index contributed by atoms with van der Waals surface area (Å²) in [7, 11) is 0. The fourth-order valence-corrected chi connectivity index (χ4v) is 2.00. The molecule has 0 spiro atoms. The van der Waals surface area contributed by atoms with Gasteiger partial charge in [-0.2, -0.15) is 0 Å². The van der Waals surface area contributed by atoms with E-state index in [0.29, 0.717) is 19.8 Å². The Hall–Kier alpha value is -1.11. The van der Waals surface area contributed by atoms with E-state index >= 15 is 0 Å². The SMILES string of the molecule is CCCNC(c1ccc(F)c(F)c1F)C(OCC)OCC. The van der Waals surface area contributed by atoms with Crippen molar-refractivity contribution in [2.75, 3.05) is 19.8 Å². The quantitative estimate of drug-likeness (QED) is 0.559. The van der Waals surface area contributed by atoms with Crippen LogP contribution in [0, 0.1) is 17.5 Å². The van der Waals surface area contributed by atoms with Crippen molar-refractivity contribution in [2.24, 2.45) is 0 Å². The maximum absolute atomic E-state index is 14.0. The van der Waals surface area contributed by atoms with Gasteiger partial charge < -0.3 is 14.8 Å². The van der Waals surface area contributed by atoms with Crippen molar-refractivity contribution in [1.82, 2.24) is 5.32 Å². The van der Waals surface area contributed by atoms with Crippen molar-refractivity contribution in [2.45, 2.75) is 39.5 Å². The lowest BCUT2D eigenvalue weighted by Crippen LogP contribution is -2.37. The zero-order chi connectivity index (χ0) is 15.8. The molecule has 0 aliphatic rings. The van der Waals surface area contributed by atoms with E-state index in [1.165, 1.54) is 6.07 Å². The van der Waals surface area contributed by atoms with Crippen LogP contribution in [0.5, 0.6) is 0 Å². The van der Waals surface area contributed by atoms with Crippen LogP contribution in [0.3, 0.4) is 0 Å². The molecule has 1 aromatic carbocycles. The summed E-state index contributed by atoms with van der Waals surface area (Å²) in [5.41, 5.74) is -0.00532. The molecule has 1 N–H and O–H groups in total. The Morgan fingerprint density at radius 2 is 1.62 bits per heavy atom. The summed E-state index contributed by atoms with van der Waals surface area (Å²) in [5.74, 6) is -3.91. The van der Waals surface area contributed by atoms with Crippen LogP contribution in [0.1, 0.15) is 38.8 Å². The van der Waals surface area contributed by atoms with E-state index in [2.05, 4.69) is 5.32 Å². The topological polar surface area (TPSA) is 30.5 Å². The fourth-order valence-electron chi connectivity index (χ4n) is 2.00. The Labute approximate surface area is 123 Å². The van der Waals surface area contributed by atoms with Crippen LogP contribution in [-0.2, 0) is 9.47 Å². The molecule has 0 amide bonds. The molecule has 120 valence electrons. The molecule has 1 rings (SSSR count). The molecular formula is C15H22F3NO2. The summed E-state index contributed by atoms with van der Waals surface area (Å²) in [5, 5.41) is 3.06. The van der Waals surface area contributed by atoms with Gasteiger partial charge in [0.05, 0.1) is 6.04 Å². The van der Waals surface area contributed by atoms with Gasteiger partial charge in [-0.3, -0.25) is 0 Å². The number of hydrogen-bond donors (Lipinski definition) is 1. The molecule has 21 heavy (non-hydrogen) atoms. The van der Waals surface area contributed by atoms with E-state index in [1.54, 1.807) is 13.8 Å². The maximum atomic E-state index is 14.0. The number of rotatable bonds is 9. The molecule has 6 heteroatoms. The molecule has 0 radical (unpaired) electrons. The Kier molecular flexibility index (Phi) is 7.71. The Bertz CT molecular complexity index is 437. The van der Waals surface area contributed by atoms with Gasteiger partial charge >= 0.3 is 0 Å². The minimum absolute atomic E-state index is 0.00532. The second-order valence-electron chi connectivity index (χ2n) is 4.48. The smallest absolute Gasteiger partial charge is 0.194 e. The first-order valence-electron chi connectivity index (χ1n) is 7.16. The molecule has 0 fully saturated rings. The molecule has 0 aliphatic carbocycles. The van der Waals surface area contributed by atoms with E-state index in [9.17, 15) is 13.2 Å². The van der Waals surface area contributed by atoms with Gasteiger partial charge in [-0.25, -0.2) is 13.2 Å². The molecule has 0 aliphatic heterocycles. The molecule has 1 aromatic rings. The third-order valence-electron chi connectivity index (χ3n) is 2.95. The molecular weight excluding hydrogens is 283 g/mol. The summed E-state index contributed by atoms with van der Waals surface area (Å²) in [6.45, 7) is 6.80. The van der Waals surface area contributed by atoms with Crippen molar-refractivity contribution in [3.63, 3.8) is 0 Å². The molecule has 1 atom stereocenters. The van der Waals surface area contributed by atoms with Crippen molar-refractivity contribution < 1.29 is 22.6 Å². The summed E-state index contributed by atoms with van der Waals surface area (Å²) in [4.78, 5) is 0. The van der Waals surface area contributed by atoms with Crippen molar-refractivity contribution in [3.05, 3.63) is 35.1 Å². The summed E-state index contributed by atoms with van der Waals surface area (Å²) < 4.78 is 51.4. The van der Waals surface area contributed by atoms with E-state index in [4.69, 9.17) is 9.47 Å². The summed E-state index contributed by atoms with van der Waals surface area (Å²) in [6, 6.07) is 1.41. The highest BCUT2D eigenvalue weighted by molar-refractivity contribution is 5.24. The lowest BCUT2D eigenvalue weighted by molar-refractivity contribution is -0.155. The minimum atomic E-state index is -1.48. The lowest BCUT2D eigenvalue weighted by Gasteiger charge is -2.28. The monoisotopic (exact) mass is 305 g/mol. The second-order valence-corrected chi connectivity index (χ2v) is 4.48. The van der Waals surface area contributed by atoms with Crippen LogP contribution in [0.25, 0.3) is 0 Å². The molecule has 0 heterocycles. The Balaban J connectivity index is 3.13. The van der Waals surface area contributed by atoms with Crippen LogP contribution >= 0.6 is 0 Å². The third-order valence-corrected chi connectivity index (χ3v) is 2.95. The first-order chi connectivity index (χ1) is 10.1. The highest BCUT2D eigenvalue weighted by Crippen LogP contribution is 2.26. The first-order valence-corrected chi connectivity index (χ1v) is 7.16. The fraction of sp³-hybridized carbons (Fsp3) is 0.600. The number of nitrogens with one attached hydrogen (secondary N) is 1. The molecule has 1 unspecified atom stereocenters. The zero-order valence-corrected chi connectivity index (χ0v) is 12.6. The first kappa shape index (κ1) is 17.9. The summed E-state index contributed by atoms with van der Waals surface area (Å²) in [6.07, 6.45) is 0.0261. The van der Waals surface area contributed by atoms with Gasteiger partial charge in [0.2, 0.25) is 0 Å². The number of benzene rings is 1. The van der Waals surface area contributed by atoms with Gasteiger partial charge in [0.25, 0.3) is 0 Å². The van der Waals surface area contributed by atoms with Crippen LogP contribution in [-0.4, -0.2) is 26.0 Å². The highest BCUT2D eigenvalue weighted by Gasteiger charge is 2.28. The number of halogens is 3. The van der Waals surface area contributed by atoms with Crippen molar-refractivity contribution >= 4 is 0 Å². The van der Waals surface area contributed by atoms with Gasteiger partial charge in [-0.15, -0.1) is 0 Å². The second kappa shape index (κ2) is 9.02. The molecule has 0 saturated heterocycles. The van der Waals surface area contributed by atoms with Crippen LogP contribution in [0.2, 0.25) is 0 Å². The van der Waals surface area contributed by atoms with E-state index in [-0.39, 0.29) is 5.56 Å². The predicted octanol–water partition coefficient (Wildman–Crippen LogP) is 3.54. The normalized spacial score (nSPS) is 12.9. The average Bonchev–Trinajstić information content (AvgIpc) is 2.47. The Morgan fingerprint density at radius 3 is 2.14 bits per heavy atom. The summed E-state index contributed by atoms with van der Waals surface area (Å²) >= 11 is 0. The molecule has 3 nitrogen and oxygen atoms in total. The van der Waals surface area contributed by atoms with E-state index in [0.717, 1.165) is 12.5 Å². The van der Waals surface area contributed by atoms with Gasteiger partial charge in [0.1, 0.15) is 0 Å². The number of ether oxygens (including phenoxy) is 2. The third kappa shape index (κ3) is 4.69. The van der Waals surface area contributed by atoms with Gasteiger partial charge in [0, 0.05) is 18.8 Å². The molecule has 0 saturated carbocycles. The van der Waals surface area contributed by atoms with Gasteiger partial charge in [-0.05, 0) is 32.9 Å². The largest absolute Gasteiger partial charge is 0.351 e. The lowest BCUT2D eigenvalue weighted by atomic mass is 10.0. The molecule has 0 bridgehead atoms. The Morgan fingerprint density at radius 1 is 1.00 bits per heavy atom. The predicted molar refractivity (Wildman–Crippen MR) is 74.4 cm³/mol. The number of hydrogen-bond acceptors (Lipinski definition) is 3. The van der Waals surface area contributed by atoms with Crippen molar-refractivity contribution in [1.29, 1.82) is 0 Å². The van der Waals surface area contributed by atoms with Gasteiger partial charge in [-0.1, -0.05) is 13.0 Å².